The summed E-state index contributed by atoms with van der Waals surface area (Å²) in [5.74, 6) is 0.570. The van der Waals surface area contributed by atoms with Crippen LogP contribution in [-0.2, 0) is 9.59 Å². The highest BCUT2D eigenvalue weighted by Crippen LogP contribution is 2.34. The van der Waals surface area contributed by atoms with Crippen LogP contribution in [0.15, 0.2) is 35.8 Å². The molecule has 1 aliphatic carbocycles. The van der Waals surface area contributed by atoms with Crippen LogP contribution in [0.5, 0.6) is 0 Å². The summed E-state index contributed by atoms with van der Waals surface area (Å²) in [7, 11) is 0. The van der Waals surface area contributed by atoms with Crippen LogP contribution in [0.4, 0.5) is 10.2 Å². The van der Waals surface area contributed by atoms with E-state index in [1.807, 2.05) is 20.9 Å². The number of benzene rings is 1. The van der Waals surface area contributed by atoms with E-state index in [0.717, 1.165) is 23.4 Å². The molecule has 5 rings (SSSR count). The van der Waals surface area contributed by atoms with E-state index in [1.165, 1.54) is 23.5 Å². The van der Waals surface area contributed by atoms with Crippen LogP contribution in [0.2, 0.25) is 0 Å². The summed E-state index contributed by atoms with van der Waals surface area (Å²) in [6.07, 6.45) is 5.21. The maximum atomic E-state index is 13.3. The van der Waals surface area contributed by atoms with Gasteiger partial charge in [0.15, 0.2) is 4.96 Å². The van der Waals surface area contributed by atoms with Crippen LogP contribution in [-0.4, -0.2) is 39.2 Å². The van der Waals surface area contributed by atoms with Crippen molar-refractivity contribution in [1.29, 1.82) is 0 Å². The Morgan fingerprint density at radius 1 is 1.07 bits per heavy atom. The van der Waals surface area contributed by atoms with Gasteiger partial charge in [-0.3, -0.25) is 14.0 Å². The largest absolute Gasteiger partial charge is 0.342 e. The summed E-state index contributed by atoms with van der Waals surface area (Å²) >= 11 is 1.48. The molecule has 0 spiro atoms. The number of rotatable bonds is 4. The number of carbonyl (C=O) groups is 2. The van der Waals surface area contributed by atoms with Gasteiger partial charge in [0.1, 0.15) is 17.3 Å². The molecule has 150 valence electrons. The lowest BCUT2D eigenvalue weighted by atomic mass is 9.95. The second kappa shape index (κ2) is 7.26. The molecule has 3 heterocycles. The molecule has 1 saturated carbocycles. The molecule has 3 aromatic rings. The number of aromatic nitrogens is 2. The maximum absolute atomic E-state index is 13.3. The number of piperidine rings is 1. The Morgan fingerprint density at radius 3 is 2.48 bits per heavy atom. The van der Waals surface area contributed by atoms with Gasteiger partial charge in [-0.05, 0) is 49.9 Å². The van der Waals surface area contributed by atoms with Crippen molar-refractivity contribution in [2.75, 3.05) is 18.4 Å². The summed E-state index contributed by atoms with van der Waals surface area (Å²) in [5, 5.41) is 4.96. The Morgan fingerprint density at radius 2 is 1.79 bits per heavy atom. The fourth-order valence-electron chi connectivity index (χ4n) is 3.88. The highest BCUT2D eigenvalue weighted by molar-refractivity contribution is 7.15. The zero-order valence-corrected chi connectivity index (χ0v) is 16.6. The van der Waals surface area contributed by atoms with Crippen molar-refractivity contribution in [3.05, 3.63) is 41.7 Å². The Bertz CT molecular complexity index is 1060. The third-order valence-electron chi connectivity index (χ3n) is 5.73. The van der Waals surface area contributed by atoms with E-state index in [4.69, 9.17) is 0 Å². The number of anilines is 1. The fraction of sp³-hybridized carbons (Fsp3) is 0.381. The van der Waals surface area contributed by atoms with E-state index in [9.17, 15) is 14.0 Å². The molecule has 1 aromatic carbocycles. The van der Waals surface area contributed by atoms with E-state index in [1.54, 1.807) is 12.1 Å². The van der Waals surface area contributed by atoms with Crippen molar-refractivity contribution in [2.45, 2.75) is 25.7 Å². The molecule has 0 unspecified atom stereocenters. The van der Waals surface area contributed by atoms with Crippen LogP contribution in [0.3, 0.4) is 0 Å². The number of carbonyl (C=O) groups excluding carboxylic acids is 2. The third-order valence-corrected chi connectivity index (χ3v) is 6.48. The number of nitrogens with one attached hydrogen (secondary N) is 1. The smallest absolute Gasteiger partial charge is 0.228 e. The lowest BCUT2D eigenvalue weighted by Gasteiger charge is -2.31. The average molecular weight is 412 g/mol. The zero-order valence-electron chi connectivity index (χ0n) is 15.8. The van der Waals surface area contributed by atoms with Crippen LogP contribution >= 0.6 is 11.3 Å². The van der Waals surface area contributed by atoms with E-state index in [-0.39, 0.29) is 29.5 Å². The quantitative estimate of drug-likeness (QED) is 0.709. The zero-order chi connectivity index (χ0) is 20.0. The molecule has 0 atom stereocenters. The molecular formula is C21H21FN4O2S. The first-order chi connectivity index (χ1) is 14.1. The number of thiazole rings is 1. The lowest BCUT2D eigenvalue weighted by Crippen LogP contribution is -2.42. The van der Waals surface area contributed by atoms with Gasteiger partial charge in [-0.15, -0.1) is 11.3 Å². The van der Waals surface area contributed by atoms with Crippen LogP contribution in [0.25, 0.3) is 16.2 Å². The minimum atomic E-state index is -0.312. The van der Waals surface area contributed by atoms with Gasteiger partial charge in [-0.2, -0.15) is 0 Å². The van der Waals surface area contributed by atoms with Crippen molar-refractivity contribution in [1.82, 2.24) is 14.3 Å². The van der Waals surface area contributed by atoms with E-state index in [2.05, 4.69) is 10.3 Å². The first kappa shape index (κ1) is 18.3. The summed E-state index contributed by atoms with van der Waals surface area (Å²) in [5.41, 5.74) is 1.38. The predicted octanol–water partition coefficient (Wildman–Crippen LogP) is 3.79. The van der Waals surface area contributed by atoms with Crippen molar-refractivity contribution in [3.63, 3.8) is 0 Å². The van der Waals surface area contributed by atoms with E-state index < -0.39 is 0 Å². The number of likely N-dealkylation sites (tertiary alicyclic amines) is 1. The second-order valence-corrected chi connectivity index (χ2v) is 8.61. The molecule has 6 nitrogen and oxygen atoms in total. The monoisotopic (exact) mass is 412 g/mol. The lowest BCUT2D eigenvalue weighted by molar-refractivity contribution is -0.135. The molecule has 0 bridgehead atoms. The molecule has 1 saturated heterocycles. The number of imidazole rings is 1. The highest BCUT2D eigenvalue weighted by Gasteiger charge is 2.36. The number of fused-ring (bicyclic) bond motifs is 1. The van der Waals surface area contributed by atoms with Crippen LogP contribution in [0.1, 0.15) is 25.7 Å². The van der Waals surface area contributed by atoms with Gasteiger partial charge in [0.2, 0.25) is 11.8 Å². The summed E-state index contributed by atoms with van der Waals surface area (Å²) in [6.45, 7) is 1.27. The molecule has 2 amide bonds. The number of hydrogen-bond donors (Lipinski definition) is 1. The van der Waals surface area contributed by atoms with Crippen molar-refractivity contribution in [3.8, 4) is 11.3 Å². The summed E-state index contributed by atoms with van der Waals surface area (Å²) in [4.78, 5) is 32.5. The van der Waals surface area contributed by atoms with Crippen molar-refractivity contribution < 1.29 is 14.0 Å². The van der Waals surface area contributed by atoms with Gasteiger partial charge < -0.3 is 10.2 Å². The molecule has 0 radical (unpaired) electrons. The van der Waals surface area contributed by atoms with E-state index >= 15 is 0 Å². The minimum Gasteiger partial charge on any atom is -0.342 e. The molecular weight excluding hydrogens is 391 g/mol. The number of nitrogens with zero attached hydrogens (tertiary/aromatic N) is 3. The topological polar surface area (TPSA) is 66.7 Å². The van der Waals surface area contributed by atoms with Crippen LogP contribution in [0, 0.1) is 17.7 Å². The molecule has 8 heteroatoms. The Labute approximate surface area is 171 Å². The number of amides is 2. The molecule has 2 aromatic heterocycles. The second-order valence-electron chi connectivity index (χ2n) is 7.73. The fourth-order valence-corrected chi connectivity index (χ4v) is 4.60. The van der Waals surface area contributed by atoms with Gasteiger partial charge in [-0.25, -0.2) is 9.37 Å². The Kier molecular flexibility index (Phi) is 4.58. The third kappa shape index (κ3) is 3.53. The van der Waals surface area contributed by atoms with Gasteiger partial charge in [-0.1, -0.05) is 0 Å². The Balaban J connectivity index is 1.34. The van der Waals surface area contributed by atoms with Crippen LogP contribution < -0.4 is 5.32 Å². The number of halogens is 1. The SMILES string of the molecule is O=C(Nc1c(-c2ccc(F)cc2)nc2sccn12)C1CCN(C(=O)C2CC2)CC1. The van der Waals surface area contributed by atoms with Crippen molar-refractivity contribution >= 4 is 33.9 Å². The first-order valence-electron chi connectivity index (χ1n) is 9.91. The molecule has 1 N–H and O–H groups in total. The minimum absolute atomic E-state index is 0.0557. The molecule has 2 aliphatic rings. The van der Waals surface area contributed by atoms with Gasteiger partial charge in [0.25, 0.3) is 0 Å². The van der Waals surface area contributed by atoms with Gasteiger partial charge in [0.05, 0.1) is 0 Å². The van der Waals surface area contributed by atoms with Gasteiger partial charge >= 0.3 is 0 Å². The van der Waals surface area contributed by atoms with Crippen molar-refractivity contribution in [2.24, 2.45) is 11.8 Å². The first-order valence-corrected chi connectivity index (χ1v) is 10.8. The van der Waals surface area contributed by atoms with E-state index in [0.29, 0.717) is 37.4 Å². The maximum Gasteiger partial charge on any atom is 0.228 e. The normalized spacial score (nSPS) is 17.6. The molecule has 1 aliphatic heterocycles. The highest BCUT2D eigenvalue weighted by atomic mass is 32.1. The summed E-state index contributed by atoms with van der Waals surface area (Å²) in [6, 6.07) is 6.11. The predicted molar refractivity (Wildman–Crippen MR) is 109 cm³/mol. The Hall–Kier alpha value is -2.74. The molecule has 29 heavy (non-hydrogen) atoms. The van der Waals surface area contributed by atoms with Gasteiger partial charge in [0, 0.05) is 42.1 Å². The standard InChI is InChI=1S/C21H21FN4O2S/c22-16-5-3-13(4-6-16)17-18(26-11-12-29-21(26)23-17)24-19(27)14-7-9-25(10-8-14)20(28)15-1-2-15/h3-6,11-12,14-15H,1-2,7-10H2,(H,24,27). The number of hydrogen-bond acceptors (Lipinski definition) is 4. The average Bonchev–Trinajstić information content (AvgIpc) is 3.40. The molecule has 2 fully saturated rings. The summed E-state index contributed by atoms with van der Waals surface area (Å²) < 4.78 is 15.2.